The van der Waals surface area contributed by atoms with Gasteiger partial charge in [0.05, 0.1) is 0 Å². The Morgan fingerprint density at radius 2 is 2.17 bits per heavy atom. The number of aryl methyl sites for hydroxylation is 2. The fourth-order valence-electron chi connectivity index (χ4n) is 1.33. The Labute approximate surface area is 74.1 Å². The lowest BCUT2D eigenvalue weighted by Gasteiger charge is -2.06. The minimum atomic E-state index is 0.955. The third-order valence-electron chi connectivity index (χ3n) is 1.96. The van der Waals surface area contributed by atoms with Crippen LogP contribution in [0.25, 0.3) is 0 Å². The standard InChI is InChI=1S/C11H15O/c1-3-4-10-6-5-9(2)7-11(10)8-12/h5-8,12H,3-4H2,1-2H3. The first-order valence-corrected chi connectivity index (χ1v) is 4.35. The Morgan fingerprint density at radius 1 is 1.42 bits per heavy atom. The molecular formula is C11H15O. The Hall–Kier alpha value is -0.820. The van der Waals surface area contributed by atoms with E-state index in [9.17, 15) is 0 Å². The van der Waals surface area contributed by atoms with Crippen LogP contribution in [0.1, 0.15) is 30.0 Å². The van der Waals surface area contributed by atoms with Crippen LogP contribution in [0.2, 0.25) is 0 Å². The number of aliphatic hydroxyl groups is 1. The van der Waals surface area contributed by atoms with Gasteiger partial charge >= 0.3 is 0 Å². The smallest absolute Gasteiger partial charge is 0.109 e. The molecule has 65 valence electrons. The lowest BCUT2D eigenvalue weighted by Crippen LogP contribution is -1.92. The molecule has 0 heterocycles. The highest BCUT2D eigenvalue weighted by atomic mass is 16.3. The van der Waals surface area contributed by atoms with Crippen molar-refractivity contribution in [3.63, 3.8) is 0 Å². The summed E-state index contributed by atoms with van der Waals surface area (Å²) >= 11 is 0. The van der Waals surface area contributed by atoms with Crippen LogP contribution in [0, 0.1) is 13.5 Å². The number of aliphatic hydroxyl groups excluding tert-OH is 1. The van der Waals surface area contributed by atoms with Crippen molar-refractivity contribution in [1.82, 2.24) is 0 Å². The molecule has 0 aromatic heterocycles. The first-order valence-electron chi connectivity index (χ1n) is 4.35. The summed E-state index contributed by atoms with van der Waals surface area (Å²) in [7, 11) is 0. The molecule has 1 N–H and O–H groups in total. The van der Waals surface area contributed by atoms with E-state index >= 15 is 0 Å². The van der Waals surface area contributed by atoms with Crippen molar-refractivity contribution in [3.8, 4) is 0 Å². The van der Waals surface area contributed by atoms with E-state index < -0.39 is 0 Å². The molecule has 0 aliphatic heterocycles. The van der Waals surface area contributed by atoms with E-state index in [4.69, 9.17) is 5.11 Å². The van der Waals surface area contributed by atoms with Gasteiger partial charge in [-0.15, -0.1) is 0 Å². The Balaban J connectivity index is 2.94. The number of benzene rings is 1. The number of rotatable bonds is 3. The summed E-state index contributed by atoms with van der Waals surface area (Å²) in [4.78, 5) is 0. The summed E-state index contributed by atoms with van der Waals surface area (Å²) in [6.45, 7) is 5.36. The molecule has 0 aliphatic carbocycles. The number of hydrogen-bond acceptors (Lipinski definition) is 1. The van der Waals surface area contributed by atoms with Gasteiger partial charge in [0, 0.05) is 0 Å². The van der Waals surface area contributed by atoms with Crippen LogP contribution in [0.15, 0.2) is 18.2 Å². The highest BCUT2D eigenvalue weighted by molar-refractivity contribution is 5.34. The van der Waals surface area contributed by atoms with Gasteiger partial charge in [-0.3, -0.25) is 0 Å². The van der Waals surface area contributed by atoms with E-state index in [1.54, 1.807) is 0 Å². The Kier molecular flexibility index (Phi) is 3.30. The van der Waals surface area contributed by atoms with Crippen molar-refractivity contribution in [1.29, 1.82) is 0 Å². The molecule has 1 aromatic rings. The summed E-state index contributed by atoms with van der Waals surface area (Å²) in [5.74, 6) is 0. The van der Waals surface area contributed by atoms with E-state index in [1.807, 2.05) is 13.0 Å². The van der Waals surface area contributed by atoms with Crippen LogP contribution < -0.4 is 0 Å². The van der Waals surface area contributed by atoms with Gasteiger partial charge in [-0.1, -0.05) is 37.1 Å². The minimum Gasteiger partial charge on any atom is -0.385 e. The van der Waals surface area contributed by atoms with Crippen molar-refractivity contribution in [2.24, 2.45) is 0 Å². The maximum Gasteiger partial charge on any atom is 0.109 e. The topological polar surface area (TPSA) is 20.2 Å². The zero-order valence-corrected chi connectivity index (χ0v) is 7.67. The highest BCUT2D eigenvalue weighted by Crippen LogP contribution is 2.14. The second-order valence-corrected chi connectivity index (χ2v) is 3.08. The van der Waals surface area contributed by atoms with Gasteiger partial charge in [-0.05, 0) is 24.5 Å². The van der Waals surface area contributed by atoms with Crippen LogP contribution in [0.5, 0.6) is 0 Å². The van der Waals surface area contributed by atoms with Crippen molar-refractivity contribution in [2.45, 2.75) is 26.7 Å². The fourth-order valence-corrected chi connectivity index (χ4v) is 1.33. The van der Waals surface area contributed by atoms with E-state index in [1.165, 1.54) is 17.7 Å². The molecule has 12 heavy (non-hydrogen) atoms. The van der Waals surface area contributed by atoms with Crippen LogP contribution in [0.3, 0.4) is 0 Å². The molecule has 0 bridgehead atoms. The largest absolute Gasteiger partial charge is 0.385 e. The molecule has 1 radical (unpaired) electrons. The SMILES string of the molecule is CCCc1ccc(C)cc1[CH]O. The molecule has 0 saturated carbocycles. The number of hydrogen-bond donors (Lipinski definition) is 1. The molecule has 1 aromatic carbocycles. The normalized spacial score (nSPS) is 10.2. The minimum absolute atomic E-state index is 0.955. The van der Waals surface area contributed by atoms with E-state index in [2.05, 4.69) is 19.1 Å². The van der Waals surface area contributed by atoms with Gasteiger partial charge in [0.1, 0.15) is 6.61 Å². The lowest BCUT2D eigenvalue weighted by molar-refractivity contribution is 0.413. The van der Waals surface area contributed by atoms with Crippen molar-refractivity contribution >= 4 is 0 Å². The van der Waals surface area contributed by atoms with Gasteiger partial charge in [-0.2, -0.15) is 0 Å². The fraction of sp³-hybridized carbons (Fsp3) is 0.364. The van der Waals surface area contributed by atoms with E-state index in [0.29, 0.717) is 0 Å². The summed E-state index contributed by atoms with van der Waals surface area (Å²) in [5.41, 5.74) is 3.37. The molecule has 0 amide bonds. The second kappa shape index (κ2) is 4.27. The van der Waals surface area contributed by atoms with Gasteiger partial charge in [-0.25, -0.2) is 0 Å². The summed E-state index contributed by atoms with van der Waals surface area (Å²) in [6.07, 6.45) is 2.15. The van der Waals surface area contributed by atoms with Gasteiger partial charge in [0.15, 0.2) is 0 Å². The third-order valence-corrected chi connectivity index (χ3v) is 1.96. The molecule has 1 nitrogen and oxygen atoms in total. The monoisotopic (exact) mass is 163 g/mol. The van der Waals surface area contributed by atoms with Crippen molar-refractivity contribution in [2.75, 3.05) is 0 Å². The van der Waals surface area contributed by atoms with Crippen LogP contribution >= 0.6 is 0 Å². The molecule has 0 unspecified atom stereocenters. The summed E-state index contributed by atoms with van der Waals surface area (Å²) in [6, 6.07) is 6.17. The van der Waals surface area contributed by atoms with Gasteiger partial charge < -0.3 is 5.11 Å². The summed E-state index contributed by atoms with van der Waals surface area (Å²) in [5, 5.41) is 8.94. The molecule has 1 rings (SSSR count). The average Bonchev–Trinajstić information content (AvgIpc) is 2.08. The quantitative estimate of drug-likeness (QED) is 0.726. The maximum atomic E-state index is 8.94. The molecule has 0 atom stereocenters. The van der Waals surface area contributed by atoms with Crippen molar-refractivity contribution in [3.05, 3.63) is 41.5 Å². The van der Waals surface area contributed by atoms with Crippen LogP contribution in [-0.4, -0.2) is 5.11 Å². The summed E-state index contributed by atoms with van der Waals surface area (Å²) < 4.78 is 0. The Bertz CT molecular complexity index is 253. The predicted octanol–water partition coefficient (Wildman–Crippen LogP) is 2.83. The molecule has 1 heteroatoms. The second-order valence-electron chi connectivity index (χ2n) is 3.08. The van der Waals surface area contributed by atoms with Crippen LogP contribution in [-0.2, 0) is 6.42 Å². The van der Waals surface area contributed by atoms with Crippen molar-refractivity contribution < 1.29 is 5.11 Å². The first kappa shape index (κ1) is 9.27. The average molecular weight is 163 g/mol. The van der Waals surface area contributed by atoms with Gasteiger partial charge in [0.2, 0.25) is 0 Å². The molecule has 0 fully saturated rings. The van der Waals surface area contributed by atoms with Gasteiger partial charge in [0.25, 0.3) is 0 Å². The molecular weight excluding hydrogens is 148 g/mol. The predicted molar refractivity (Wildman–Crippen MR) is 50.5 cm³/mol. The lowest BCUT2D eigenvalue weighted by atomic mass is 10.0. The highest BCUT2D eigenvalue weighted by Gasteiger charge is 2.00. The molecule has 0 spiro atoms. The van der Waals surface area contributed by atoms with E-state index in [0.717, 1.165) is 18.4 Å². The molecule has 0 saturated heterocycles. The third kappa shape index (κ3) is 2.08. The maximum absolute atomic E-state index is 8.94. The molecule has 0 aliphatic rings. The Morgan fingerprint density at radius 3 is 2.75 bits per heavy atom. The van der Waals surface area contributed by atoms with Crippen LogP contribution in [0.4, 0.5) is 0 Å². The first-order chi connectivity index (χ1) is 5.77. The zero-order valence-electron chi connectivity index (χ0n) is 7.67. The van der Waals surface area contributed by atoms with E-state index in [-0.39, 0.29) is 0 Å². The zero-order chi connectivity index (χ0) is 8.97.